The van der Waals surface area contributed by atoms with E-state index in [9.17, 15) is 24.9 Å². The molecule has 0 spiro atoms. The molecule has 1 aromatic carbocycles. The summed E-state index contributed by atoms with van der Waals surface area (Å²) < 4.78 is 11.4. The zero-order chi connectivity index (χ0) is 29.1. The molecule has 0 unspecified atom stereocenters. The Bertz CT molecular complexity index is 1120. The predicted octanol–water partition coefficient (Wildman–Crippen LogP) is 2.20. The molecule has 4 rings (SSSR count). The van der Waals surface area contributed by atoms with Crippen LogP contribution in [0.25, 0.3) is 0 Å². The van der Waals surface area contributed by atoms with Crippen LogP contribution < -0.4 is 5.32 Å². The van der Waals surface area contributed by atoms with Crippen LogP contribution in [-0.4, -0.2) is 93.9 Å². The lowest BCUT2D eigenvalue weighted by molar-refractivity contribution is -0.132. The predicted molar refractivity (Wildman–Crippen MR) is 150 cm³/mol. The highest BCUT2D eigenvalue weighted by molar-refractivity contribution is 6.43. The van der Waals surface area contributed by atoms with Gasteiger partial charge in [-0.2, -0.15) is 5.26 Å². The van der Waals surface area contributed by atoms with Gasteiger partial charge in [-0.3, -0.25) is 9.69 Å². The van der Waals surface area contributed by atoms with Crippen LogP contribution in [0, 0.1) is 11.3 Å². The Labute approximate surface area is 237 Å². The van der Waals surface area contributed by atoms with E-state index in [1.165, 1.54) is 0 Å². The average molecular weight is 552 g/mol. The molecule has 3 heterocycles. The van der Waals surface area contributed by atoms with Crippen LogP contribution in [0.4, 0.5) is 4.79 Å². The Morgan fingerprint density at radius 3 is 2.42 bits per heavy atom. The molecule has 11 heteroatoms. The number of alkyl carbamates (subject to hydrolysis) is 1. The zero-order valence-corrected chi connectivity index (χ0v) is 23.9. The lowest BCUT2D eigenvalue weighted by atomic mass is 9.76. The number of nitrogens with zero attached hydrogens (tertiary/aromatic N) is 3. The molecule has 0 saturated carbocycles. The number of carbonyl (C=O) groups is 2. The summed E-state index contributed by atoms with van der Waals surface area (Å²) in [6.45, 7) is 9.43. The molecular formula is C29H41BN4O6. The van der Waals surface area contributed by atoms with E-state index in [1.807, 2.05) is 58.0 Å². The van der Waals surface area contributed by atoms with Gasteiger partial charge in [-0.1, -0.05) is 30.3 Å². The fraction of sp³-hybridized carbons (Fsp3) is 0.621. The molecule has 2 amide bonds. The summed E-state index contributed by atoms with van der Waals surface area (Å²) in [5, 5.41) is 32.2. The van der Waals surface area contributed by atoms with Crippen LogP contribution in [0.3, 0.4) is 0 Å². The number of rotatable bonds is 9. The molecule has 0 aromatic heterocycles. The highest BCUT2D eigenvalue weighted by Crippen LogP contribution is 2.47. The van der Waals surface area contributed by atoms with Crippen LogP contribution >= 0.6 is 0 Å². The van der Waals surface area contributed by atoms with Gasteiger partial charge in [0.2, 0.25) is 0 Å². The van der Waals surface area contributed by atoms with Gasteiger partial charge < -0.3 is 29.7 Å². The molecule has 3 saturated heterocycles. The summed E-state index contributed by atoms with van der Waals surface area (Å²) in [7, 11) is -1.77. The number of hydrogen-bond donors (Lipinski definition) is 3. The number of fused-ring (bicyclic) bond motifs is 2. The standard InChI is InChI=1S/C29H41BN4O6/c1-20-17-33(18-21(2)40-20)28(3,4)15-23(16-31)26(35)34-24-10-12-29(34,13-11-24)19-39-27(36)32-25(30(37)38)14-22-8-6-5-7-9-22/h5-9,15,20-21,24-25,37-38H,10-14,17-19H2,1-4H3,(H,32,36)/t20-,21-,24?,25-,29?/m0/s1. The Morgan fingerprint density at radius 1 is 1.23 bits per heavy atom. The van der Waals surface area contributed by atoms with E-state index in [1.54, 1.807) is 11.0 Å². The van der Waals surface area contributed by atoms with Crippen molar-refractivity contribution in [2.75, 3.05) is 19.7 Å². The Balaban J connectivity index is 1.43. The molecule has 40 heavy (non-hydrogen) atoms. The monoisotopic (exact) mass is 552 g/mol. The van der Waals surface area contributed by atoms with Crippen LogP contribution in [0.2, 0.25) is 0 Å². The molecule has 216 valence electrons. The van der Waals surface area contributed by atoms with Crippen molar-refractivity contribution in [1.29, 1.82) is 5.26 Å². The summed E-state index contributed by atoms with van der Waals surface area (Å²) in [5.74, 6) is -1.28. The minimum absolute atomic E-state index is 0.00690. The van der Waals surface area contributed by atoms with Crippen molar-refractivity contribution >= 4 is 19.1 Å². The van der Waals surface area contributed by atoms with E-state index in [-0.39, 0.29) is 42.8 Å². The maximum Gasteiger partial charge on any atom is 0.475 e. The Hall–Kier alpha value is -2.91. The number of benzene rings is 1. The first-order valence-electron chi connectivity index (χ1n) is 14.1. The van der Waals surface area contributed by atoms with Gasteiger partial charge in [0.05, 0.1) is 23.7 Å². The normalized spacial score (nSPS) is 27.7. The van der Waals surface area contributed by atoms with Gasteiger partial charge in [0.1, 0.15) is 18.2 Å². The van der Waals surface area contributed by atoms with E-state index in [0.717, 1.165) is 18.4 Å². The Morgan fingerprint density at radius 2 is 1.85 bits per heavy atom. The van der Waals surface area contributed by atoms with Crippen molar-refractivity contribution in [1.82, 2.24) is 15.1 Å². The molecule has 3 aliphatic heterocycles. The van der Waals surface area contributed by atoms with Gasteiger partial charge in [-0.05, 0) is 71.4 Å². The largest absolute Gasteiger partial charge is 0.475 e. The number of morpholine rings is 1. The minimum atomic E-state index is -1.77. The molecule has 2 bridgehead atoms. The number of amides is 2. The van der Waals surface area contributed by atoms with Crippen molar-refractivity contribution in [2.45, 2.75) is 95.1 Å². The minimum Gasteiger partial charge on any atom is -0.447 e. The molecular weight excluding hydrogens is 511 g/mol. The zero-order valence-electron chi connectivity index (χ0n) is 23.9. The molecule has 1 aromatic rings. The lowest BCUT2D eigenvalue weighted by Crippen LogP contribution is -2.54. The topological polar surface area (TPSA) is 135 Å². The highest BCUT2D eigenvalue weighted by atomic mass is 16.6. The summed E-state index contributed by atoms with van der Waals surface area (Å²) in [5.41, 5.74) is -0.293. The third kappa shape index (κ3) is 6.69. The summed E-state index contributed by atoms with van der Waals surface area (Å²) >= 11 is 0. The average Bonchev–Trinajstić information content (AvgIpc) is 3.45. The fourth-order valence-electron chi connectivity index (χ4n) is 6.48. The fourth-order valence-corrected chi connectivity index (χ4v) is 6.48. The molecule has 3 atom stereocenters. The Kier molecular flexibility index (Phi) is 9.25. The summed E-state index contributed by atoms with van der Waals surface area (Å²) in [6, 6.07) is 11.3. The molecule has 0 radical (unpaired) electrons. The first-order chi connectivity index (χ1) is 18.9. The van der Waals surface area contributed by atoms with Crippen molar-refractivity contribution in [2.24, 2.45) is 0 Å². The second kappa shape index (κ2) is 12.3. The van der Waals surface area contributed by atoms with Crippen LogP contribution in [-0.2, 0) is 20.7 Å². The number of ether oxygens (including phenoxy) is 2. The van der Waals surface area contributed by atoms with Gasteiger partial charge in [0.25, 0.3) is 5.91 Å². The lowest BCUT2D eigenvalue weighted by Gasteiger charge is -2.44. The molecule has 10 nitrogen and oxygen atoms in total. The number of nitriles is 1. The van der Waals surface area contributed by atoms with E-state index >= 15 is 0 Å². The smallest absolute Gasteiger partial charge is 0.447 e. The highest BCUT2D eigenvalue weighted by Gasteiger charge is 2.55. The van der Waals surface area contributed by atoms with Gasteiger partial charge >= 0.3 is 13.2 Å². The maximum absolute atomic E-state index is 13.8. The van der Waals surface area contributed by atoms with Crippen molar-refractivity contribution < 1.29 is 29.1 Å². The summed E-state index contributed by atoms with van der Waals surface area (Å²) in [6.07, 6.45) is 4.22. The van der Waals surface area contributed by atoms with Gasteiger partial charge in [-0.15, -0.1) is 0 Å². The van der Waals surface area contributed by atoms with E-state index < -0.39 is 30.2 Å². The van der Waals surface area contributed by atoms with E-state index in [4.69, 9.17) is 9.47 Å². The van der Waals surface area contributed by atoms with E-state index in [0.29, 0.717) is 25.9 Å². The second-order valence-corrected chi connectivity index (χ2v) is 12.0. The number of carbonyl (C=O) groups excluding carboxylic acids is 2. The van der Waals surface area contributed by atoms with Crippen LogP contribution in [0.1, 0.15) is 58.9 Å². The van der Waals surface area contributed by atoms with Crippen LogP contribution in [0.5, 0.6) is 0 Å². The van der Waals surface area contributed by atoms with Gasteiger partial charge in [-0.25, -0.2) is 4.79 Å². The molecule has 3 aliphatic rings. The SMILES string of the molecule is C[C@H]1CN(C(C)(C)C=C(C#N)C(=O)N2C3CCC2(COC(=O)N[C@@H](Cc2ccccc2)B(O)O)CC3)C[C@H](C)O1. The van der Waals surface area contributed by atoms with Crippen LogP contribution in [0.15, 0.2) is 42.0 Å². The molecule has 3 fully saturated rings. The number of hydrogen-bond acceptors (Lipinski definition) is 8. The molecule has 0 aliphatic carbocycles. The first-order valence-corrected chi connectivity index (χ1v) is 14.1. The van der Waals surface area contributed by atoms with Crippen molar-refractivity contribution in [3.05, 3.63) is 47.5 Å². The van der Waals surface area contributed by atoms with Gasteiger partial charge in [0.15, 0.2) is 0 Å². The molecule has 3 N–H and O–H groups in total. The quantitative estimate of drug-likeness (QED) is 0.241. The second-order valence-electron chi connectivity index (χ2n) is 12.0. The van der Waals surface area contributed by atoms with Gasteiger partial charge in [0, 0.05) is 24.7 Å². The summed E-state index contributed by atoms with van der Waals surface area (Å²) in [4.78, 5) is 30.5. The van der Waals surface area contributed by atoms with Crippen molar-refractivity contribution in [3.8, 4) is 6.07 Å². The third-order valence-electron chi connectivity index (χ3n) is 8.50. The maximum atomic E-state index is 13.8. The third-order valence-corrected chi connectivity index (χ3v) is 8.50. The van der Waals surface area contributed by atoms with E-state index in [2.05, 4.69) is 16.3 Å². The van der Waals surface area contributed by atoms with Crippen molar-refractivity contribution in [3.63, 3.8) is 0 Å². The number of nitrogens with one attached hydrogen (secondary N) is 1. The first kappa shape index (κ1) is 30.1.